The van der Waals surface area contributed by atoms with Crippen molar-refractivity contribution < 1.29 is 4.74 Å². The second kappa shape index (κ2) is 5.84. The fourth-order valence-corrected chi connectivity index (χ4v) is 1.81. The first kappa shape index (κ1) is 14.5. The number of hydrogen-bond acceptors (Lipinski definition) is 3. The molecule has 0 heterocycles. The van der Waals surface area contributed by atoms with Crippen LogP contribution in [0.4, 0.5) is 0 Å². The van der Waals surface area contributed by atoms with E-state index in [-0.39, 0.29) is 5.60 Å². The van der Waals surface area contributed by atoms with Crippen LogP contribution in [0, 0.1) is 17.2 Å². The molecule has 1 unspecified atom stereocenters. The van der Waals surface area contributed by atoms with Crippen LogP contribution in [-0.4, -0.2) is 24.3 Å². The van der Waals surface area contributed by atoms with E-state index >= 15 is 0 Å². The smallest absolute Gasteiger partial charge is 0.133 e. The molecule has 0 aromatic carbocycles. The van der Waals surface area contributed by atoms with Crippen molar-refractivity contribution in [3.63, 3.8) is 0 Å². The first-order chi connectivity index (χ1) is 7.99. The van der Waals surface area contributed by atoms with Crippen LogP contribution in [0.15, 0.2) is 0 Å². The minimum Gasteiger partial charge on any atom is -0.373 e. The zero-order chi connectivity index (χ0) is 12.9. The Bertz CT molecular complexity index is 278. The van der Waals surface area contributed by atoms with E-state index in [9.17, 15) is 5.26 Å². The molecule has 0 bridgehead atoms. The molecular formula is C14H26N2O. The highest BCUT2D eigenvalue weighted by Crippen LogP contribution is 2.40. The number of rotatable bonds is 8. The first-order valence-electron chi connectivity index (χ1n) is 6.80. The summed E-state index contributed by atoms with van der Waals surface area (Å²) >= 11 is 0. The molecule has 0 spiro atoms. The summed E-state index contributed by atoms with van der Waals surface area (Å²) < 4.78 is 5.95. The molecule has 0 saturated heterocycles. The van der Waals surface area contributed by atoms with E-state index in [2.05, 4.69) is 39.1 Å². The Balaban J connectivity index is 2.60. The molecule has 1 fully saturated rings. The van der Waals surface area contributed by atoms with E-state index in [1.165, 1.54) is 0 Å². The summed E-state index contributed by atoms with van der Waals surface area (Å²) in [5.74, 6) is 0.478. The molecule has 3 heteroatoms. The topological polar surface area (TPSA) is 45.0 Å². The van der Waals surface area contributed by atoms with Crippen molar-refractivity contribution in [1.29, 1.82) is 5.26 Å². The van der Waals surface area contributed by atoms with Crippen molar-refractivity contribution in [3.05, 3.63) is 0 Å². The van der Waals surface area contributed by atoms with Gasteiger partial charge >= 0.3 is 0 Å². The molecule has 1 aliphatic carbocycles. The summed E-state index contributed by atoms with van der Waals surface area (Å²) in [5.41, 5.74) is -0.590. The van der Waals surface area contributed by atoms with Gasteiger partial charge in [0.2, 0.25) is 0 Å². The van der Waals surface area contributed by atoms with Crippen molar-refractivity contribution in [2.75, 3.05) is 13.2 Å². The molecule has 0 aliphatic heterocycles. The van der Waals surface area contributed by atoms with Crippen LogP contribution in [0.5, 0.6) is 0 Å². The van der Waals surface area contributed by atoms with Crippen LogP contribution in [0.1, 0.15) is 53.4 Å². The predicted octanol–water partition coefficient (Wildman–Crippen LogP) is 2.86. The predicted molar refractivity (Wildman–Crippen MR) is 69.7 cm³/mol. The van der Waals surface area contributed by atoms with E-state index in [1.807, 2.05) is 0 Å². The zero-order valence-corrected chi connectivity index (χ0v) is 11.7. The van der Waals surface area contributed by atoms with Crippen LogP contribution in [-0.2, 0) is 4.74 Å². The average Bonchev–Trinajstić information content (AvgIpc) is 3.15. The summed E-state index contributed by atoms with van der Waals surface area (Å²) in [7, 11) is 0. The standard InChI is InChI=1S/C14H26N2O/c1-5-9-16-14(10-15,12-7-8-12)11-17-13(3,4)6-2/h12,16H,5-9,11H2,1-4H3. The fourth-order valence-electron chi connectivity index (χ4n) is 1.81. The molecule has 0 aromatic heterocycles. The quantitative estimate of drug-likeness (QED) is 0.707. The second-order valence-corrected chi connectivity index (χ2v) is 5.69. The molecule has 1 rings (SSSR count). The lowest BCUT2D eigenvalue weighted by Crippen LogP contribution is -2.51. The molecule has 0 radical (unpaired) electrons. The van der Waals surface area contributed by atoms with Gasteiger partial charge in [-0.05, 0) is 52.0 Å². The summed E-state index contributed by atoms with van der Waals surface area (Å²) in [6, 6.07) is 2.47. The number of nitrogens with zero attached hydrogens (tertiary/aromatic N) is 1. The Hall–Kier alpha value is -0.590. The third-order valence-electron chi connectivity index (χ3n) is 3.71. The van der Waals surface area contributed by atoms with Gasteiger partial charge in [0.1, 0.15) is 5.54 Å². The van der Waals surface area contributed by atoms with E-state index < -0.39 is 5.54 Å². The molecule has 1 aliphatic rings. The SMILES string of the molecule is CCCNC(C#N)(COC(C)(C)CC)C1CC1. The minimum absolute atomic E-state index is 0.134. The normalized spacial score (nSPS) is 19.7. The Morgan fingerprint density at radius 2 is 2.00 bits per heavy atom. The average molecular weight is 238 g/mol. The van der Waals surface area contributed by atoms with Crippen LogP contribution in [0.3, 0.4) is 0 Å². The molecule has 1 atom stereocenters. The summed E-state index contributed by atoms with van der Waals surface area (Å²) in [6.45, 7) is 9.81. The number of hydrogen-bond donors (Lipinski definition) is 1. The van der Waals surface area contributed by atoms with Crippen molar-refractivity contribution in [2.45, 2.75) is 64.5 Å². The number of ether oxygens (including phenoxy) is 1. The van der Waals surface area contributed by atoms with Gasteiger partial charge in [-0.1, -0.05) is 13.8 Å². The first-order valence-corrected chi connectivity index (χ1v) is 6.80. The molecule has 1 saturated carbocycles. The van der Waals surface area contributed by atoms with E-state index in [0.29, 0.717) is 12.5 Å². The van der Waals surface area contributed by atoms with Gasteiger partial charge in [0.15, 0.2) is 0 Å². The van der Waals surface area contributed by atoms with Crippen molar-refractivity contribution in [1.82, 2.24) is 5.32 Å². The van der Waals surface area contributed by atoms with Crippen molar-refractivity contribution in [2.24, 2.45) is 5.92 Å². The van der Waals surface area contributed by atoms with E-state index in [1.54, 1.807) is 0 Å². The summed E-state index contributed by atoms with van der Waals surface area (Å²) in [4.78, 5) is 0. The lowest BCUT2D eigenvalue weighted by Gasteiger charge is -2.33. The van der Waals surface area contributed by atoms with Gasteiger partial charge in [-0.2, -0.15) is 5.26 Å². The van der Waals surface area contributed by atoms with Crippen LogP contribution in [0.25, 0.3) is 0 Å². The van der Waals surface area contributed by atoms with Crippen LogP contribution in [0.2, 0.25) is 0 Å². The largest absolute Gasteiger partial charge is 0.373 e. The van der Waals surface area contributed by atoms with Gasteiger partial charge in [-0.15, -0.1) is 0 Å². The fraction of sp³-hybridized carbons (Fsp3) is 0.929. The van der Waals surface area contributed by atoms with Gasteiger partial charge in [-0.3, -0.25) is 5.32 Å². The maximum absolute atomic E-state index is 9.49. The molecule has 1 N–H and O–H groups in total. The molecule has 3 nitrogen and oxygen atoms in total. The minimum atomic E-state index is -0.456. The Labute approximate surface area is 106 Å². The highest BCUT2D eigenvalue weighted by atomic mass is 16.5. The Morgan fingerprint density at radius 1 is 1.35 bits per heavy atom. The van der Waals surface area contributed by atoms with Crippen molar-refractivity contribution >= 4 is 0 Å². The van der Waals surface area contributed by atoms with Crippen LogP contribution >= 0.6 is 0 Å². The highest BCUT2D eigenvalue weighted by Gasteiger charge is 2.46. The van der Waals surface area contributed by atoms with Gasteiger partial charge in [0, 0.05) is 0 Å². The maximum atomic E-state index is 9.49. The van der Waals surface area contributed by atoms with E-state index in [0.717, 1.165) is 32.2 Å². The monoisotopic (exact) mass is 238 g/mol. The van der Waals surface area contributed by atoms with Gasteiger partial charge in [0.25, 0.3) is 0 Å². The van der Waals surface area contributed by atoms with Crippen LogP contribution < -0.4 is 5.32 Å². The summed E-state index contributed by atoms with van der Waals surface area (Å²) in [5, 5.41) is 12.9. The highest BCUT2D eigenvalue weighted by molar-refractivity contribution is 5.15. The van der Waals surface area contributed by atoms with Gasteiger partial charge in [-0.25, -0.2) is 0 Å². The third-order valence-corrected chi connectivity index (χ3v) is 3.71. The molecule has 98 valence electrons. The molecule has 0 aromatic rings. The maximum Gasteiger partial charge on any atom is 0.133 e. The van der Waals surface area contributed by atoms with Gasteiger partial charge < -0.3 is 4.74 Å². The number of nitrogens with one attached hydrogen (secondary N) is 1. The Kier molecular flexibility index (Phi) is 4.97. The molecule has 17 heavy (non-hydrogen) atoms. The summed E-state index contributed by atoms with van der Waals surface area (Å²) in [6.07, 6.45) is 4.32. The van der Waals surface area contributed by atoms with E-state index in [4.69, 9.17) is 4.74 Å². The molecule has 0 amide bonds. The molecular weight excluding hydrogens is 212 g/mol. The number of nitriles is 1. The lowest BCUT2D eigenvalue weighted by atomic mass is 9.95. The third kappa shape index (κ3) is 3.97. The van der Waals surface area contributed by atoms with Gasteiger partial charge in [0.05, 0.1) is 18.3 Å². The second-order valence-electron chi connectivity index (χ2n) is 5.69. The zero-order valence-electron chi connectivity index (χ0n) is 11.7. The lowest BCUT2D eigenvalue weighted by molar-refractivity contribution is -0.0446. The Morgan fingerprint density at radius 3 is 2.41 bits per heavy atom. The van der Waals surface area contributed by atoms with Crippen molar-refractivity contribution in [3.8, 4) is 6.07 Å².